The number of methoxy groups -OCH3 is 1. The molecule has 0 radical (unpaired) electrons. The fraction of sp³-hybridized carbons (Fsp3) is 0.583. The normalized spacial score (nSPS) is 10.9. The van der Waals surface area contributed by atoms with Gasteiger partial charge in [-0.15, -0.1) is 0 Å². The van der Waals surface area contributed by atoms with E-state index in [2.05, 4.69) is 30.2 Å². The number of hydrogen-bond donors (Lipinski definition) is 1. The summed E-state index contributed by atoms with van der Waals surface area (Å²) < 4.78 is 5.00. The first-order chi connectivity index (χ1) is 7.22. The minimum Gasteiger partial charge on any atom is -0.378 e. The summed E-state index contributed by atoms with van der Waals surface area (Å²) >= 11 is 0. The molecular formula is C12H20N2O. The first kappa shape index (κ1) is 12.1. The van der Waals surface area contributed by atoms with Crippen molar-refractivity contribution in [3.63, 3.8) is 0 Å². The molecule has 0 saturated carbocycles. The van der Waals surface area contributed by atoms with Crippen LogP contribution in [0.2, 0.25) is 0 Å². The average molecular weight is 208 g/mol. The Kier molecular flexibility index (Phi) is 5.29. The summed E-state index contributed by atoms with van der Waals surface area (Å²) in [4.78, 5) is 4.30. The maximum absolute atomic E-state index is 5.00. The zero-order chi connectivity index (χ0) is 11.1. The van der Waals surface area contributed by atoms with E-state index >= 15 is 0 Å². The van der Waals surface area contributed by atoms with E-state index in [1.54, 1.807) is 7.11 Å². The van der Waals surface area contributed by atoms with Crippen molar-refractivity contribution in [2.45, 2.75) is 27.0 Å². The van der Waals surface area contributed by atoms with Crippen LogP contribution in [0, 0.1) is 5.92 Å². The van der Waals surface area contributed by atoms with Gasteiger partial charge in [-0.25, -0.2) is 0 Å². The van der Waals surface area contributed by atoms with Gasteiger partial charge in [-0.2, -0.15) is 0 Å². The van der Waals surface area contributed by atoms with Crippen LogP contribution in [-0.2, 0) is 17.9 Å². The molecule has 1 aromatic rings. The lowest BCUT2D eigenvalue weighted by molar-refractivity contribution is 0.181. The molecule has 0 amide bonds. The predicted octanol–water partition coefficient (Wildman–Crippen LogP) is 1.97. The maximum Gasteiger partial charge on any atom is 0.0884 e. The van der Waals surface area contributed by atoms with Crippen LogP contribution in [0.25, 0.3) is 0 Å². The van der Waals surface area contributed by atoms with Crippen molar-refractivity contribution in [3.8, 4) is 0 Å². The molecule has 0 unspecified atom stereocenters. The summed E-state index contributed by atoms with van der Waals surface area (Å²) in [5.41, 5.74) is 2.20. The molecule has 3 heteroatoms. The molecule has 84 valence electrons. The molecule has 1 heterocycles. The van der Waals surface area contributed by atoms with Crippen molar-refractivity contribution in [1.29, 1.82) is 0 Å². The number of hydrogen-bond acceptors (Lipinski definition) is 3. The lowest BCUT2D eigenvalue weighted by atomic mass is 10.2. The van der Waals surface area contributed by atoms with Crippen molar-refractivity contribution in [1.82, 2.24) is 10.3 Å². The molecule has 0 atom stereocenters. The van der Waals surface area contributed by atoms with Crippen LogP contribution in [-0.4, -0.2) is 18.6 Å². The minimum absolute atomic E-state index is 0.583. The highest BCUT2D eigenvalue weighted by atomic mass is 16.5. The number of pyridine rings is 1. The number of rotatable bonds is 6. The fourth-order valence-electron chi connectivity index (χ4n) is 1.30. The van der Waals surface area contributed by atoms with E-state index < -0.39 is 0 Å². The SMILES string of the molecule is COCc1ccc(CNCC(C)C)cn1. The molecule has 1 aromatic heterocycles. The molecule has 0 spiro atoms. The Morgan fingerprint density at radius 3 is 2.73 bits per heavy atom. The molecule has 0 aromatic carbocycles. The first-order valence-electron chi connectivity index (χ1n) is 5.36. The highest BCUT2D eigenvalue weighted by molar-refractivity contribution is 5.13. The summed E-state index contributed by atoms with van der Waals surface area (Å²) in [6.45, 7) is 6.91. The molecule has 15 heavy (non-hydrogen) atoms. The van der Waals surface area contributed by atoms with Crippen LogP contribution in [0.5, 0.6) is 0 Å². The predicted molar refractivity (Wildman–Crippen MR) is 61.5 cm³/mol. The number of nitrogens with one attached hydrogen (secondary N) is 1. The molecule has 0 aliphatic heterocycles. The van der Waals surface area contributed by atoms with Gasteiger partial charge in [0.05, 0.1) is 12.3 Å². The molecule has 0 saturated heterocycles. The molecule has 0 fully saturated rings. The average Bonchev–Trinajstić information content (AvgIpc) is 2.20. The van der Waals surface area contributed by atoms with Crippen molar-refractivity contribution < 1.29 is 4.74 Å². The first-order valence-corrected chi connectivity index (χ1v) is 5.36. The van der Waals surface area contributed by atoms with Crippen LogP contribution in [0.3, 0.4) is 0 Å². The molecule has 0 bridgehead atoms. The Hall–Kier alpha value is -0.930. The van der Waals surface area contributed by atoms with E-state index in [-0.39, 0.29) is 0 Å². The van der Waals surface area contributed by atoms with E-state index in [9.17, 15) is 0 Å². The Labute approximate surface area is 91.9 Å². The molecule has 1 rings (SSSR count). The lowest BCUT2D eigenvalue weighted by Gasteiger charge is -2.07. The van der Waals surface area contributed by atoms with Crippen LogP contribution in [0.1, 0.15) is 25.1 Å². The van der Waals surface area contributed by atoms with E-state index in [4.69, 9.17) is 4.74 Å². The number of nitrogens with zero attached hydrogens (tertiary/aromatic N) is 1. The smallest absolute Gasteiger partial charge is 0.0884 e. The van der Waals surface area contributed by atoms with Gasteiger partial charge in [-0.3, -0.25) is 4.98 Å². The second-order valence-corrected chi connectivity index (χ2v) is 4.12. The Morgan fingerprint density at radius 2 is 2.20 bits per heavy atom. The summed E-state index contributed by atoms with van der Waals surface area (Å²) in [7, 11) is 1.68. The largest absolute Gasteiger partial charge is 0.378 e. The van der Waals surface area contributed by atoms with Crippen molar-refractivity contribution in [2.24, 2.45) is 5.92 Å². The third kappa shape index (κ3) is 4.91. The van der Waals surface area contributed by atoms with Gasteiger partial charge in [0, 0.05) is 19.9 Å². The Bertz CT molecular complexity index is 269. The molecule has 0 aliphatic carbocycles. The van der Waals surface area contributed by atoms with Gasteiger partial charge in [0.1, 0.15) is 0 Å². The summed E-state index contributed by atoms with van der Waals surface area (Å²) in [6.07, 6.45) is 1.90. The third-order valence-corrected chi connectivity index (χ3v) is 2.06. The number of aromatic nitrogens is 1. The van der Waals surface area contributed by atoms with E-state index in [0.29, 0.717) is 12.5 Å². The van der Waals surface area contributed by atoms with Crippen LogP contribution < -0.4 is 5.32 Å². The van der Waals surface area contributed by atoms with Gasteiger partial charge >= 0.3 is 0 Å². The Balaban J connectivity index is 2.36. The van der Waals surface area contributed by atoms with E-state index in [1.807, 2.05) is 12.3 Å². The van der Waals surface area contributed by atoms with Gasteiger partial charge in [0.25, 0.3) is 0 Å². The van der Waals surface area contributed by atoms with Gasteiger partial charge < -0.3 is 10.1 Å². The zero-order valence-corrected chi connectivity index (χ0v) is 9.79. The van der Waals surface area contributed by atoms with E-state index in [1.165, 1.54) is 5.56 Å². The monoisotopic (exact) mass is 208 g/mol. The summed E-state index contributed by atoms with van der Waals surface area (Å²) in [5.74, 6) is 0.686. The maximum atomic E-state index is 5.00. The number of ether oxygens (including phenoxy) is 1. The van der Waals surface area contributed by atoms with Gasteiger partial charge in [-0.1, -0.05) is 19.9 Å². The minimum atomic E-state index is 0.583. The Morgan fingerprint density at radius 1 is 1.40 bits per heavy atom. The highest BCUT2D eigenvalue weighted by Gasteiger charge is 1.97. The van der Waals surface area contributed by atoms with Crippen molar-refractivity contribution in [2.75, 3.05) is 13.7 Å². The standard InChI is InChI=1S/C12H20N2O/c1-10(2)6-13-7-11-4-5-12(9-15-3)14-8-11/h4-5,8,10,13H,6-7,9H2,1-3H3. The van der Waals surface area contributed by atoms with Gasteiger partial charge in [0.15, 0.2) is 0 Å². The quantitative estimate of drug-likeness (QED) is 0.776. The second kappa shape index (κ2) is 6.53. The molecule has 0 aliphatic rings. The molecular weight excluding hydrogens is 188 g/mol. The second-order valence-electron chi connectivity index (χ2n) is 4.12. The van der Waals surface area contributed by atoms with Crippen LogP contribution in [0.15, 0.2) is 18.3 Å². The lowest BCUT2D eigenvalue weighted by Crippen LogP contribution is -2.19. The van der Waals surface area contributed by atoms with E-state index in [0.717, 1.165) is 18.8 Å². The van der Waals surface area contributed by atoms with Gasteiger partial charge in [-0.05, 0) is 24.1 Å². The summed E-state index contributed by atoms with van der Waals surface area (Å²) in [5, 5.41) is 3.38. The molecule has 3 nitrogen and oxygen atoms in total. The fourth-order valence-corrected chi connectivity index (χ4v) is 1.30. The zero-order valence-electron chi connectivity index (χ0n) is 9.79. The molecule has 1 N–H and O–H groups in total. The highest BCUT2D eigenvalue weighted by Crippen LogP contribution is 2.01. The van der Waals surface area contributed by atoms with Gasteiger partial charge in [0.2, 0.25) is 0 Å². The van der Waals surface area contributed by atoms with Crippen molar-refractivity contribution in [3.05, 3.63) is 29.6 Å². The third-order valence-electron chi connectivity index (χ3n) is 2.06. The topological polar surface area (TPSA) is 34.1 Å². The summed E-state index contributed by atoms with van der Waals surface area (Å²) in [6, 6.07) is 4.10. The van der Waals surface area contributed by atoms with Crippen molar-refractivity contribution >= 4 is 0 Å². The van der Waals surface area contributed by atoms with Crippen LogP contribution in [0.4, 0.5) is 0 Å². The van der Waals surface area contributed by atoms with Crippen LogP contribution >= 0.6 is 0 Å².